The Hall–Kier alpha value is -2.46. The zero-order chi connectivity index (χ0) is 16.7. The van der Waals surface area contributed by atoms with Gasteiger partial charge in [-0.1, -0.05) is 23.7 Å². The van der Waals surface area contributed by atoms with Crippen LogP contribution < -0.4 is 14.8 Å². The van der Waals surface area contributed by atoms with Crippen molar-refractivity contribution in [3.05, 3.63) is 64.7 Å². The lowest BCUT2D eigenvalue weighted by Gasteiger charge is -2.07. The van der Waals surface area contributed by atoms with Crippen LogP contribution in [0.15, 0.2) is 48.5 Å². The molecule has 23 heavy (non-hydrogen) atoms. The summed E-state index contributed by atoms with van der Waals surface area (Å²) in [7, 11) is 3.17. The third-order valence-corrected chi connectivity index (χ3v) is 3.45. The molecule has 0 heterocycles. The first kappa shape index (κ1) is 16.9. The van der Waals surface area contributed by atoms with E-state index in [-0.39, 0.29) is 5.91 Å². The van der Waals surface area contributed by atoms with Gasteiger partial charge in [0.15, 0.2) is 0 Å². The van der Waals surface area contributed by atoms with Crippen molar-refractivity contribution in [3.8, 4) is 11.5 Å². The third kappa shape index (κ3) is 5.04. The van der Waals surface area contributed by atoms with Crippen LogP contribution >= 0.6 is 11.6 Å². The Balaban J connectivity index is 1.98. The van der Waals surface area contributed by atoms with Crippen LogP contribution in [0.1, 0.15) is 11.1 Å². The number of carbonyl (C=O) groups is 1. The lowest BCUT2D eigenvalue weighted by Crippen LogP contribution is -2.20. The summed E-state index contributed by atoms with van der Waals surface area (Å²) in [5.74, 6) is 1.15. The van der Waals surface area contributed by atoms with E-state index < -0.39 is 0 Å². The molecule has 0 spiro atoms. The Morgan fingerprint density at radius 2 is 2.00 bits per heavy atom. The van der Waals surface area contributed by atoms with Gasteiger partial charge in [0, 0.05) is 29.3 Å². The molecular weight excluding hydrogens is 314 g/mol. The molecule has 0 fully saturated rings. The maximum atomic E-state index is 11.9. The summed E-state index contributed by atoms with van der Waals surface area (Å²) in [6.07, 6.45) is 3.17. The molecule has 0 aliphatic heterocycles. The molecule has 0 saturated carbocycles. The van der Waals surface area contributed by atoms with Gasteiger partial charge in [-0.05, 0) is 35.9 Å². The Labute approximate surface area is 140 Å². The number of carbonyl (C=O) groups excluding carboxylic acids is 1. The predicted molar refractivity (Wildman–Crippen MR) is 91.9 cm³/mol. The average Bonchev–Trinajstić information content (AvgIpc) is 2.58. The number of hydrogen-bond donors (Lipinski definition) is 1. The molecule has 0 aromatic heterocycles. The van der Waals surface area contributed by atoms with E-state index in [1.54, 1.807) is 32.4 Å². The van der Waals surface area contributed by atoms with Crippen LogP contribution in [-0.2, 0) is 11.3 Å². The van der Waals surface area contributed by atoms with Crippen molar-refractivity contribution in [2.24, 2.45) is 0 Å². The van der Waals surface area contributed by atoms with Gasteiger partial charge in [0.05, 0.1) is 14.2 Å². The van der Waals surface area contributed by atoms with Gasteiger partial charge in [-0.2, -0.15) is 0 Å². The summed E-state index contributed by atoms with van der Waals surface area (Å²) in [5.41, 5.74) is 1.74. The standard InChI is InChI=1S/C18H18ClNO3/c1-22-16-8-6-14(17(11-16)23-2)7-9-18(21)20-12-13-4-3-5-15(19)10-13/h3-11H,12H2,1-2H3,(H,20,21)/b9-7+. The zero-order valence-electron chi connectivity index (χ0n) is 13.0. The molecule has 5 heteroatoms. The predicted octanol–water partition coefficient (Wildman–Crippen LogP) is 3.69. The Bertz CT molecular complexity index is 713. The number of methoxy groups -OCH3 is 2. The summed E-state index contributed by atoms with van der Waals surface area (Å²) in [6.45, 7) is 0.420. The number of ether oxygens (including phenoxy) is 2. The minimum absolute atomic E-state index is 0.192. The van der Waals surface area contributed by atoms with E-state index in [1.165, 1.54) is 6.08 Å². The number of rotatable bonds is 6. The maximum Gasteiger partial charge on any atom is 0.244 e. The fourth-order valence-corrected chi connectivity index (χ4v) is 2.23. The molecule has 1 N–H and O–H groups in total. The minimum Gasteiger partial charge on any atom is -0.497 e. The zero-order valence-corrected chi connectivity index (χ0v) is 13.8. The second-order valence-corrected chi connectivity index (χ2v) is 5.23. The van der Waals surface area contributed by atoms with E-state index in [2.05, 4.69) is 5.32 Å². The molecule has 0 aliphatic rings. The van der Waals surface area contributed by atoms with E-state index >= 15 is 0 Å². The molecule has 120 valence electrons. The molecule has 0 saturated heterocycles. The van der Waals surface area contributed by atoms with Crippen LogP contribution in [0.4, 0.5) is 0 Å². The van der Waals surface area contributed by atoms with Crippen LogP contribution in [0.25, 0.3) is 6.08 Å². The van der Waals surface area contributed by atoms with Gasteiger partial charge >= 0.3 is 0 Å². The van der Waals surface area contributed by atoms with Crippen molar-refractivity contribution in [1.82, 2.24) is 5.32 Å². The van der Waals surface area contributed by atoms with Crippen LogP contribution in [0.3, 0.4) is 0 Å². The van der Waals surface area contributed by atoms with Crippen molar-refractivity contribution >= 4 is 23.6 Å². The van der Waals surface area contributed by atoms with Crippen molar-refractivity contribution < 1.29 is 14.3 Å². The first-order valence-corrected chi connectivity index (χ1v) is 7.42. The van der Waals surface area contributed by atoms with Crippen LogP contribution in [0.5, 0.6) is 11.5 Å². The monoisotopic (exact) mass is 331 g/mol. The SMILES string of the molecule is COc1ccc(/C=C/C(=O)NCc2cccc(Cl)c2)c(OC)c1. The average molecular weight is 332 g/mol. The lowest BCUT2D eigenvalue weighted by atomic mass is 10.1. The van der Waals surface area contributed by atoms with Crippen LogP contribution in [-0.4, -0.2) is 20.1 Å². The molecule has 0 bridgehead atoms. The molecule has 0 aliphatic carbocycles. The second-order valence-electron chi connectivity index (χ2n) is 4.79. The quantitative estimate of drug-likeness (QED) is 0.821. The molecule has 2 aromatic rings. The van der Waals surface area contributed by atoms with Crippen molar-refractivity contribution in [1.29, 1.82) is 0 Å². The third-order valence-electron chi connectivity index (χ3n) is 3.21. The first-order valence-electron chi connectivity index (χ1n) is 7.05. The highest BCUT2D eigenvalue weighted by Crippen LogP contribution is 2.25. The van der Waals surface area contributed by atoms with Crippen molar-refractivity contribution in [2.75, 3.05) is 14.2 Å². The van der Waals surface area contributed by atoms with Crippen molar-refractivity contribution in [2.45, 2.75) is 6.54 Å². The van der Waals surface area contributed by atoms with Gasteiger partial charge in [0.2, 0.25) is 5.91 Å². The molecule has 4 nitrogen and oxygen atoms in total. The number of hydrogen-bond acceptors (Lipinski definition) is 3. The van der Waals surface area contributed by atoms with Gasteiger partial charge in [-0.15, -0.1) is 0 Å². The highest BCUT2D eigenvalue weighted by Gasteiger charge is 2.03. The summed E-state index contributed by atoms with van der Waals surface area (Å²) in [5, 5.41) is 3.45. The summed E-state index contributed by atoms with van der Waals surface area (Å²) in [4.78, 5) is 11.9. The summed E-state index contributed by atoms with van der Waals surface area (Å²) >= 11 is 5.91. The molecule has 2 aromatic carbocycles. The molecular formula is C18H18ClNO3. The minimum atomic E-state index is -0.192. The molecule has 0 atom stereocenters. The fourth-order valence-electron chi connectivity index (χ4n) is 2.02. The Kier molecular flexibility index (Phi) is 6.06. The number of halogens is 1. The Morgan fingerprint density at radius 1 is 1.17 bits per heavy atom. The van der Waals surface area contributed by atoms with Gasteiger partial charge < -0.3 is 14.8 Å². The normalized spacial score (nSPS) is 10.6. The fraction of sp³-hybridized carbons (Fsp3) is 0.167. The topological polar surface area (TPSA) is 47.6 Å². The first-order chi connectivity index (χ1) is 11.1. The van der Waals surface area contributed by atoms with E-state index in [1.807, 2.05) is 30.3 Å². The molecule has 0 radical (unpaired) electrons. The summed E-state index contributed by atoms with van der Waals surface area (Å²) < 4.78 is 10.4. The smallest absolute Gasteiger partial charge is 0.244 e. The molecule has 0 unspecified atom stereocenters. The van der Waals surface area contributed by atoms with Gasteiger partial charge in [-0.25, -0.2) is 0 Å². The number of amides is 1. The largest absolute Gasteiger partial charge is 0.497 e. The van der Waals surface area contributed by atoms with E-state index in [0.717, 1.165) is 11.1 Å². The summed E-state index contributed by atoms with van der Waals surface area (Å²) in [6, 6.07) is 12.8. The van der Waals surface area contributed by atoms with Crippen LogP contribution in [0, 0.1) is 0 Å². The number of nitrogens with one attached hydrogen (secondary N) is 1. The molecule has 1 amide bonds. The Morgan fingerprint density at radius 3 is 2.70 bits per heavy atom. The van der Waals surface area contributed by atoms with Gasteiger partial charge in [-0.3, -0.25) is 4.79 Å². The van der Waals surface area contributed by atoms with E-state index in [0.29, 0.717) is 23.1 Å². The maximum absolute atomic E-state index is 11.9. The van der Waals surface area contributed by atoms with E-state index in [4.69, 9.17) is 21.1 Å². The lowest BCUT2D eigenvalue weighted by molar-refractivity contribution is -0.116. The van der Waals surface area contributed by atoms with Crippen LogP contribution in [0.2, 0.25) is 5.02 Å². The highest BCUT2D eigenvalue weighted by molar-refractivity contribution is 6.30. The molecule has 2 rings (SSSR count). The number of benzene rings is 2. The van der Waals surface area contributed by atoms with Gasteiger partial charge in [0.25, 0.3) is 0 Å². The second kappa shape index (κ2) is 8.25. The van der Waals surface area contributed by atoms with Gasteiger partial charge in [0.1, 0.15) is 11.5 Å². The van der Waals surface area contributed by atoms with E-state index in [9.17, 15) is 4.79 Å². The highest BCUT2D eigenvalue weighted by atomic mass is 35.5. The van der Waals surface area contributed by atoms with Crippen molar-refractivity contribution in [3.63, 3.8) is 0 Å².